The van der Waals surface area contributed by atoms with Crippen LogP contribution >= 0.6 is 0 Å². The minimum atomic E-state index is 0.443. The lowest BCUT2D eigenvalue weighted by Gasteiger charge is -2.23. The van der Waals surface area contributed by atoms with Crippen molar-refractivity contribution in [2.24, 2.45) is 0 Å². The van der Waals surface area contributed by atoms with Crippen LogP contribution in [0.25, 0.3) is 0 Å². The van der Waals surface area contributed by atoms with Crippen molar-refractivity contribution in [3.8, 4) is 0 Å². The van der Waals surface area contributed by atoms with Crippen molar-refractivity contribution in [1.82, 2.24) is 0 Å². The standard InChI is InChI=1S/C9H17O2/c1-8(2)7-11-9-3-5-10-6-4-9/h9H,3-7H2,1-2H3. The summed E-state index contributed by atoms with van der Waals surface area (Å²) in [6, 6.07) is 0. The first kappa shape index (κ1) is 9.01. The van der Waals surface area contributed by atoms with E-state index in [2.05, 4.69) is 13.8 Å². The zero-order chi connectivity index (χ0) is 8.10. The Morgan fingerprint density at radius 3 is 2.55 bits per heavy atom. The van der Waals surface area contributed by atoms with Gasteiger partial charge in [0.2, 0.25) is 0 Å². The Bertz CT molecular complexity index is 95.7. The van der Waals surface area contributed by atoms with E-state index in [-0.39, 0.29) is 0 Å². The second-order valence-electron chi connectivity index (χ2n) is 3.33. The molecule has 0 N–H and O–H groups in total. The SMILES string of the molecule is C[C](C)COC1CCOCC1. The molecule has 1 rings (SSSR count). The quantitative estimate of drug-likeness (QED) is 0.622. The first-order valence-corrected chi connectivity index (χ1v) is 4.27. The lowest BCUT2D eigenvalue weighted by atomic mass is 10.1. The molecule has 2 nitrogen and oxygen atoms in total. The van der Waals surface area contributed by atoms with E-state index in [0.29, 0.717) is 6.10 Å². The molecule has 1 fully saturated rings. The highest BCUT2D eigenvalue weighted by Gasteiger charge is 2.13. The topological polar surface area (TPSA) is 18.5 Å². The summed E-state index contributed by atoms with van der Waals surface area (Å²) in [6.45, 7) is 6.74. The summed E-state index contributed by atoms with van der Waals surface area (Å²) in [4.78, 5) is 0. The van der Waals surface area contributed by atoms with Crippen molar-refractivity contribution in [1.29, 1.82) is 0 Å². The van der Waals surface area contributed by atoms with E-state index < -0.39 is 0 Å². The fourth-order valence-electron chi connectivity index (χ4n) is 1.13. The molecule has 0 spiro atoms. The van der Waals surface area contributed by atoms with Gasteiger partial charge < -0.3 is 9.47 Å². The van der Waals surface area contributed by atoms with E-state index in [1.54, 1.807) is 0 Å². The maximum Gasteiger partial charge on any atom is 0.0619 e. The third-order valence-electron chi connectivity index (χ3n) is 1.78. The van der Waals surface area contributed by atoms with E-state index in [1.807, 2.05) is 0 Å². The van der Waals surface area contributed by atoms with E-state index in [1.165, 1.54) is 5.92 Å². The van der Waals surface area contributed by atoms with Crippen molar-refractivity contribution in [3.63, 3.8) is 0 Å². The molecule has 1 aliphatic rings. The molecule has 0 aliphatic carbocycles. The summed E-state index contributed by atoms with van der Waals surface area (Å²) in [5.41, 5.74) is 0. The Kier molecular flexibility index (Phi) is 3.87. The number of hydrogen-bond donors (Lipinski definition) is 0. The van der Waals surface area contributed by atoms with Crippen molar-refractivity contribution < 1.29 is 9.47 Å². The highest BCUT2D eigenvalue weighted by Crippen LogP contribution is 2.11. The molecule has 65 valence electrons. The highest BCUT2D eigenvalue weighted by atomic mass is 16.5. The number of hydrogen-bond acceptors (Lipinski definition) is 2. The van der Waals surface area contributed by atoms with E-state index >= 15 is 0 Å². The van der Waals surface area contributed by atoms with Crippen molar-refractivity contribution in [3.05, 3.63) is 5.92 Å². The highest BCUT2D eigenvalue weighted by molar-refractivity contribution is 4.77. The van der Waals surface area contributed by atoms with Gasteiger partial charge in [0.15, 0.2) is 0 Å². The van der Waals surface area contributed by atoms with Crippen LogP contribution in [0.3, 0.4) is 0 Å². The van der Waals surface area contributed by atoms with Gasteiger partial charge in [0, 0.05) is 13.2 Å². The van der Waals surface area contributed by atoms with Crippen LogP contribution < -0.4 is 0 Å². The van der Waals surface area contributed by atoms with Crippen molar-refractivity contribution >= 4 is 0 Å². The van der Waals surface area contributed by atoms with Crippen LogP contribution in [0.4, 0.5) is 0 Å². The summed E-state index contributed by atoms with van der Waals surface area (Å²) < 4.78 is 10.8. The lowest BCUT2D eigenvalue weighted by Crippen LogP contribution is -2.24. The molecule has 0 saturated carbocycles. The van der Waals surface area contributed by atoms with Gasteiger partial charge in [-0.25, -0.2) is 0 Å². The molecular formula is C9H17O2. The summed E-state index contributed by atoms with van der Waals surface area (Å²) >= 11 is 0. The molecule has 0 aromatic heterocycles. The first-order chi connectivity index (χ1) is 5.29. The third-order valence-corrected chi connectivity index (χ3v) is 1.78. The predicted octanol–water partition coefficient (Wildman–Crippen LogP) is 1.80. The molecule has 1 heterocycles. The van der Waals surface area contributed by atoms with Gasteiger partial charge in [-0.15, -0.1) is 0 Å². The Hall–Kier alpha value is -0.0800. The Labute approximate surface area is 68.9 Å². The average molecular weight is 157 g/mol. The molecule has 0 amide bonds. The van der Waals surface area contributed by atoms with Gasteiger partial charge in [-0.2, -0.15) is 0 Å². The lowest BCUT2D eigenvalue weighted by molar-refractivity contribution is -0.0278. The number of ether oxygens (including phenoxy) is 2. The smallest absolute Gasteiger partial charge is 0.0619 e. The second-order valence-corrected chi connectivity index (χ2v) is 3.33. The molecule has 0 unspecified atom stereocenters. The largest absolute Gasteiger partial charge is 0.381 e. The van der Waals surface area contributed by atoms with E-state index in [4.69, 9.17) is 9.47 Å². The van der Waals surface area contributed by atoms with Crippen LogP contribution in [0, 0.1) is 5.92 Å². The zero-order valence-corrected chi connectivity index (χ0v) is 7.43. The van der Waals surface area contributed by atoms with E-state index in [0.717, 1.165) is 32.7 Å². The van der Waals surface area contributed by atoms with Gasteiger partial charge >= 0.3 is 0 Å². The molecule has 0 aromatic rings. The maximum absolute atomic E-state index is 5.63. The molecule has 1 saturated heterocycles. The monoisotopic (exact) mass is 157 g/mol. The average Bonchev–Trinajstić information content (AvgIpc) is 2.03. The minimum Gasteiger partial charge on any atom is -0.381 e. The molecule has 0 atom stereocenters. The molecule has 1 radical (unpaired) electrons. The Balaban J connectivity index is 2.05. The zero-order valence-electron chi connectivity index (χ0n) is 7.43. The van der Waals surface area contributed by atoms with E-state index in [9.17, 15) is 0 Å². The third kappa shape index (κ3) is 3.73. The molecule has 0 aromatic carbocycles. The minimum absolute atomic E-state index is 0.443. The first-order valence-electron chi connectivity index (χ1n) is 4.27. The van der Waals surface area contributed by atoms with Gasteiger partial charge in [0.25, 0.3) is 0 Å². The maximum atomic E-state index is 5.63. The van der Waals surface area contributed by atoms with Gasteiger partial charge in [-0.05, 0) is 18.8 Å². The molecular weight excluding hydrogens is 140 g/mol. The van der Waals surface area contributed by atoms with Crippen LogP contribution in [0.5, 0.6) is 0 Å². The number of rotatable bonds is 3. The van der Waals surface area contributed by atoms with Crippen LogP contribution in [-0.2, 0) is 9.47 Å². The van der Waals surface area contributed by atoms with Gasteiger partial charge in [-0.3, -0.25) is 0 Å². The fraction of sp³-hybridized carbons (Fsp3) is 0.889. The second kappa shape index (κ2) is 4.73. The Morgan fingerprint density at radius 1 is 1.36 bits per heavy atom. The molecule has 11 heavy (non-hydrogen) atoms. The summed E-state index contributed by atoms with van der Waals surface area (Å²) in [7, 11) is 0. The molecule has 0 bridgehead atoms. The van der Waals surface area contributed by atoms with Crippen LogP contribution in [0.1, 0.15) is 26.7 Å². The van der Waals surface area contributed by atoms with Gasteiger partial charge in [0.1, 0.15) is 0 Å². The summed E-state index contributed by atoms with van der Waals surface area (Å²) in [5, 5.41) is 0. The summed E-state index contributed by atoms with van der Waals surface area (Å²) in [6.07, 6.45) is 2.57. The Morgan fingerprint density at radius 2 is 2.00 bits per heavy atom. The van der Waals surface area contributed by atoms with Gasteiger partial charge in [-0.1, -0.05) is 13.8 Å². The molecule has 1 aliphatic heterocycles. The van der Waals surface area contributed by atoms with Crippen LogP contribution in [0.2, 0.25) is 0 Å². The summed E-state index contributed by atoms with van der Waals surface area (Å²) in [5.74, 6) is 1.34. The van der Waals surface area contributed by atoms with Crippen LogP contribution in [0.15, 0.2) is 0 Å². The van der Waals surface area contributed by atoms with Crippen LogP contribution in [-0.4, -0.2) is 25.9 Å². The fourth-order valence-corrected chi connectivity index (χ4v) is 1.13. The van der Waals surface area contributed by atoms with Crippen molar-refractivity contribution in [2.75, 3.05) is 19.8 Å². The van der Waals surface area contributed by atoms with Crippen molar-refractivity contribution in [2.45, 2.75) is 32.8 Å². The van der Waals surface area contributed by atoms with Gasteiger partial charge in [0.05, 0.1) is 12.7 Å². The normalized spacial score (nSPS) is 21.0. The predicted molar refractivity (Wildman–Crippen MR) is 44.4 cm³/mol. The molecule has 2 heteroatoms.